The maximum Gasteiger partial charge on any atom is 4.00 e. The second-order valence-corrected chi connectivity index (χ2v) is 8.80. The van der Waals surface area contributed by atoms with Crippen LogP contribution in [0.4, 0.5) is 0 Å². The van der Waals surface area contributed by atoms with E-state index in [1.807, 2.05) is 12.2 Å². The van der Waals surface area contributed by atoms with Crippen LogP contribution in [-0.4, -0.2) is 7.11 Å². The van der Waals surface area contributed by atoms with Crippen LogP contribution in [0, 0.1) is 12.2 Å². The van der Waals surface area contributed by atoms with Crippen molar-refractivity contribution < 1.29 is 55.8 Å². The minimum Gasteiger partial charge on any atom is -1.00 e. The monoisotopic (exact) mass is 508 g/mol. The van der Waals surface area contributed by atoms with Crippen molar-refractivity contribution >= 4 is 5.57 Å². The predicted molar refractivity (Wildman–Crippen MR) is 112 cm³/mol. The van der Waals surface area contributed by atoms with Crippen molar-refractivity contribution in [2.45, 2.75) is 65.2 Å². The van der Waals surface area contributed by atoms with E-state index in [1.54, 1.807) is 7.11 Å². The molecule has 3 rings (SSSR count). The van der Waals surface area contributed by atoms with Gasteiger partial charge in [-0.2, -0.15) is 23.8 Å². The van der Waals surface area contributed by atoms with Gasteiger partial charge in [0, 0.05) is 0 Å². The maximum absolute atomic E-state index is 5.79. The van der Waals surface area contributed by atoms with Gasteiger partial charge in [0.25, 0.3) is 0 Å². The van der Waals surface area contributed by atoms with Gasteiger partial charge < -0.3 is 29.6 Å². The van der Waals surface area contributed by atoms with Gasteiger partial charge in [-0.15, -0.1) is 18.6 Å². The van der Waals surface area contributed by atoms with Crippen LogP contribution in [0.3, 0.4) is 0 Å². The van der Waals surface area contributed by atoms with E-state index >= 15 is 0 Å². The molecule has 2 aliphatic rings. The Morgan fingerprint density at radius 1 is 0.897 bits per heavy atom. The van der Waals surface area contributed by atoms with Crippen molar-refractivity contribution in [1.29, 1.82) is 0 Å². The molecule has 0 heterocycles. The van der Waals surface area contributed by atoms with Crippen molar-refractivity contribution in [3.8, 4) is 5.75 Å². The van der Waals surface area contributed by atoms with Crippen molar-refractivity contribution in [3.63, 3.8) is 0 Å². The fourth-order valence-corrected chi connectivity index (χ4v) is 2.97. The maximum atomic E-state index is 5.79. The summed E-state index contributed by atoms with van der Waals surface area (Å²) in [6, 6.07) is 4.58. The quantitative estimate of drug-likeness (QED) is 0.534. The number of hydrogen-bond donors (Lipinski definition) is 0. The first-order valence-corrected chi connectivity index (χ1v) is 9.37. The van der Waals surface area contributed by atoms with Crippen LogP contribution in [-0.2, 0) is 37.0 Å². The zero-order valence-corrected chi connectivity index (χ0v) is 22.6. The SMILES string of the molecule is COc1c(C2=[C-]CC=C2)cc(C(C)(C)C)cc1C(C)(C)C.[C-]1=CC=CC1.[Cl-].[Cl-].[Zr+4]. The van der Waals surface area contributed by atoms with E-state index in [4.69, 9.17) is 4.74 Å². The zero-order chi connectivity index (χ0) is 19.4. The Morgan fingerprint density at radius 2 is 1.55 bits per heavy atom. The molecule has 2 aliphatic carbocycles. The molecular formula is C25H32Cl2OZr. The summed E-state index contributed by atoms with van der Waals surface area (Å²) in [6.07, 6.45) is 18.6. The average molecular weight is 511 g/mol. The van der Waals surface area contributed by atoms with E-state index in [9.17, 15) is 0 Å². The Balaban J connectivity index is 0. The number of ether oxygens (including phenoxy) is 1. The Hall–Kier alpha value is -0.557. The zero-order valence-electron chi connectivity index (χ0n) is 18.6. The van der Waals surface area contributed by atoms with Crippen LogP contribution in [0.25, 0.3) is 5.57 Å². The summed E-state index contributed by atoms with van der Waals surface area (Å²) in [4.78, 5) is 0. The summed E-state index contributed by atoms with van der Waals surface area (Å²) in [6.45, 7) is 13.5. The topological polar surface area (TPSA) is 9.23 Å². The predicted octanol–water partition coefficient (Wildman–Crippen LogP) is 0.748. The van der Waals surface area contributed by atoms with Gasteiger partial charge in [0.15, 0.2) is 0 Å². The summed E-state index contributed by atoms with van der Waals surface area (Å²) >= 11 is 0. The Bertz CT molecular complexity index is 750. The Kier molecular flexibility index (Phi) is 13.7. The van der Waals surface area contributed by atoms with E-state index < -0.39 is 0 Å². The van der Waals surface area contributed by atoms with E-state index in [0.29, 0.717) is 0 Å². The molecule has 0 radical (unpaired) electrons. The van der Waals surface area contributed by atoms with Crippen LogP contribution in [0.2, 0.25) is 0 Å². The van der Waals surface area contributed by atoms with Gasteiger partial charge in [-0.05, 0) is 16.4 Å². The molecule has 0 saturated carbocycles. The molecule has 0 aliphatic heterocycles. The molecule has 0 spiro atoms. The molecule has 0 bridgehead atoms. The van der Waals surface area contributed by atoms with Crippen molar-refractivity contribution in [3.05, 3.63) is 71.4 Å². The Labute approximate surface area is 209 Å². The van der Waals surface area contributed by atoms with E-state index in [1.165, 1.54) is 16.7 Å². The molecule has 29 heavy (non-hydrogen) atoms. The summed E-state index contributed by atoms with van der Waals surface area (Å²) in [5.41, 5.74) is 5.10. The largest absolute Gasteiger partial charge is 4.00 e. The van der Waals surface area contributed by atoms with Crippen LogP contribution < -0.4 is 29.6 Å². The molecule has 0 saturated heterocycles. The second kappa shape index (κ2) is 13.0. The van der Waals surface area contributed by atoms with Crippen LogP contribution in [0.5, 0.6) is 5.75 Å². The summed E-state index contributed by atoms with van der Waals surface area (Å²) in [5, 5.41) is 0. The van der Waals surface area contributed by atoms with Gasteiger partial charge in [-0.25, -0.2) is 12.2 Å². The second-order valence-electron chi connectivity index (χ2n) is 8.80. The third kappa shape index (κ3) is 8.60. The molecule has 156 valence electrons. The molecule has 0 N–H and O–H groups in total. The van der Waals surface area contributed by atoms with Crippen LogP contribution in [0.15, 0.2) is 42.5 Å². The summed E-state index contributed by atoms with van der Waals surface area (Å²) in [7, 11) is 1.77. The molecular weight excluding hydrogens is 478 g/mol. The molecule has 0 fully saturated rings. The molecule has 1 nitrogen and oxygen atoms in total. The number of allylic oxidation sites excluding steroid dienone is 8. The van der Waals surface area contributed by atoms with Crippen LogP contribution in [0.1, 0.15) is 71.1 Å². The van der Waals surface area contributed by atoms with Gasteiger partial charge in [0.2, 0.25) is 0 Å². The molecule has 4 heteroatoms. The Morgan fingerprint density at radius 3 is 1.90 bits per heavy atom. The first kappa shape index (κ1) is 30.6. The summed E-state index contributed by atoms with van der Waals surface area (Å²) in [5.74, 6) is 0.990. The van der Waals surface area contributed by atoms with Gasteiger partial charge >= 0.3 is 26.2 Å². The molecule has 1 aromatic carbocycles. The fourth-order valence-electron chi connectivity index (χ4n) is 2.97. The number of halogens is 2. The van der Waals surface area contributed by atoms with Crippen molar-refractivity contribution in [2.75, 3.05) is 7.11 Å². The molecule has 0 unspecified atom stereocenters. The minimum atomic E-state index is 0. The number of benzene rings is 1. The van der Waals surface area contributed by atoms with E-state index in [2.05, 4.69) is 84.1 Å². The van der Waals surface area contributed by atoms with E-state index in [0.717, 1.165) is 24.2 Å². The van der Waals surface area contributed by atoms with Gasteiger partial charge in [-0.1, -0.05) is 65.2 Å². The molecule has 1 aromatic rings. The van der Waals surface area contributed by atoms with Crippen molar-refractivity contribution in [2.24, 2.45) is 0 Å². The van der Waals surface area contributed by atoms with Crippen LogP contribution >= 0.6 is 0 Å². The number of rotatable bonds is 2. The van der Waals surface area contributed by atoms with Gasteiger partial charge in [0.1, 0.15) is 0 Å². The van der Waals surface area contributed by atoms with Gasteiger partial charge in [0.05, 0.1) is 12.9 Å². The number of hydrogen-bond acceptors (Lipinski definition) is 1. The first-order chi connectivity index (χ1) is 12.1. The normalized spacial score (nSPS) is 14.1. The minimum absolute atomic E-state index is 0. The molecule has 0 atom stereocenters. The fraction of sp³-hybridized carbons (Fsp3) is 0.440. The van der Waals surface area contributed by atoms with E-state index in [-0.39, 0.29) is 61.8 Å². The average Bonchev–Trinajstić information content (AvgIpc) is 3.27. The molecule has 0 amide bonds. The third-order valence-corrected chi connectivity index (χ3v) is 4.54. The summed E-state index contributed by atoms with van der Waals surface area (Å²) < 4.78 is 5.79. The number of methoxy groups -OCH3 is 1. The van der Waals surface area contributed by atoms with Crippen molar-refractivity contribution in [1.82, 2.24) is 0 Å². The smallest absolute Gasteiger partial charge is 1.00 e. The standard InChI is InChI=1S/C20H27O.C5H5.2ClH.Zr/c1-19(2,3)15-12-16(14-10-8-9-11-14)18(21-7)17(13-15)20(4,5)6;1-2-4-5-3-1;;;/h8,10,12-13H,9H2,1-7H3;1-3H,4H2;2*1H;/q2*-1;;;+4/p-2. The first-order valence-electron chi connectivity index (χ1n) is 9.37. The molecule has 0 aromatic heterocycles. The third-order valence-electron chi connectivity index (χ3n) is 4.54. The van der Waals surface area contributed by atoms with Gasteiger partial charge in [-0.3, -0.25) is 6.08 Å².